The Bertz CT molecular complexity index is 617. The Balaban J connectivity index is 2.44. The maximum absolute atomic E-state index is 13.1. The summed E-state index contributed by atoms with van der Waals surface area (Å²) in [5, 5.41) is 14.8. The number of carbonyl (C=O) groups is 1. The van der Waals surface area contributed by atoms with Gasteiger partial charge in [-0.25, -0.2) is 17.6 Å². The van der Waals surface area contributed by atoms with Crippen LogP contribution in [-0.2, 0) is 6.42 Å². The summed E-state index contributed by atoms with van der Waals surface area (Å²) in [6.45, 7) is 3.54. The molecule has 1 aliphatic heterocycles. The van der Waals surface area contributed by atoms with E-state index in [0.29, 0.717) is 12.0 Å². The van der Waals surface area contributed by atoms with E-state index in [1.54, 1.807) is 13.8 Å². The summed E-state index contributed by atoms with van der Waals surface area (Å²) in [6, 6.07) is 0. The van der Waals surface area contributed by atoms with E-state index in [9.17, 15) is 27.5 Å². The van der Waals surface area contributed by atoms with Gasteiger partial charge in [0.2, 0.25) is 5.72 Å². The van der Waals surface area contributed by atoms with Crippen molar-refractivity contribution < 1.29 is 27.5 Å². The van der Waals surface area contributed by atoms with Gasteiger partial charge in [0.05, 0.1) is 5.56 Å². The number of halogens is 4. The minimum atomic E-state index is -3.42. The van der Waals surface area contributed by atoms with Crippen molar-refractivity contribution in [2.75, 3.05) is 0 Å². The van der Waals surface area contributed by atoms with Crippen LogP contribution in [-0.4, -0.2) is 40.3 Å². The van der Waals surface area contributed by atoms with Crippen LogP contribution < -0.4 is 0 Å². The summed E-state index contributed by atoms with van der Waals surface area (Å²) in [5.74, 6) is -1.00. The third-order valence-electron chi connectivity index (χ3n) is 3.52. The largest absolute Gasteiger partial charge is 0.364 e. The van der Waals surface area contributed by atoms with Crippen molar-refractivity contribution in [3.05, 3.63) is 21.4 Å². The summed E-state index contributed by atoms with van der Waals surface area (Å²) < 4.78 is 51.7. The molecule has 9 heteroatoms. The van der Waals surface area contributed by atoms with Gasteiger partial charge in [0.15, 0.2) is 0 Å². The van der Waals surface area contributed by atoms with E-state index in [1.165, 1.54) is 16.7 Å². The van der Waals surface area contributed by atoms with Crippen molar-refractivity contribution in [3.8, 4) is 0 Å². The topological polar surface area (TPSA) is 52.9 Å². The fourth-order valence-corrected chi connectivity index (χ4v) is 3.25. The number of aryl methyl sites for hydroxylation is 1. The van der Waals surface area contributed by atoms with Crippen LogP contribution in [0.3, 0.4) is 0 Å². The standard InChI is InChI=1S/C13H14F4N2O2S/c1-3-7-6(2)22-5-8(7)11(20)19-13(21,12(16)17)4-9(18-19)10(14)15/h5,10,12,21H,3-4H2,1-2H3. The number of amides is 1. The van der Waals surface area contributed by atoms with Crippen LogP contribution in [0.4, 0.5) is 17.6 Å². The van der Waals surface area contributed by atoms with Gasteiger partial charge in [-0.2, -0.15) is 10.1 Å². The molecule has 1 unspecified atom stereocenters. The molecule has 1 aromatic heterocycles. The van der Waals surface area contributed by atoms with E-state index in [-0.39, 0.29) is 10.6 Å². The number of hydrogen-bond acceptors (Lipinski definition) is 4. The van der Waals surface area contributed by atoms with Gasteiger partial charge in [-0.15, -0.1) is 11.3 Å². The number of rotatable bonds is 4. The fourth-order valence-electron chi connectivity index (χ4n) is 2.32. The molecule has 0 saturated carbocycles. The molecule has 1 atom stereocenters. The third-order valence-corrected chi connectivity index (χ3v) is 4.47. The molecule has 1 amide bonds. The maximum atomic E-state index is 13.1. The molecule has 1 aromatic rings. The molecule has 2 rings (SSSR count). The van der Waals surface area contributed by atoms with Crippen molar-refractivity contribution in [1.29, 1.82) is 0 Å². The summed E-state index contributed by atoms with van der Waals surface area (Å²) >= 11 is 1.25. The smallest absolute Gasteiger partial charge is 0.287 e. The van der Waals surface area contributed by atoms with Crippen molar-refractivity contribution in [2.24, 2.45) is 5.10 Å². The van der Waals surface area contributed by atoms with Crippen LogP contribution in [0.15, 0.2) is 10.5 Å². The maximum Gasteiger partial charge on any atom is 0.287 e. The van der Waals surface area contributed by atoms with E-state index in [4.69, 9.17) is 0 Å². The molecule has 0 saturated heterocycles. The second-order valence-corrected chi connectivity index (χ2v) is 5.99. The van der Waals surface area contributed by atoms with Crippen molar-refractivity contribution in [2.45, 2.75) is 45.3 Å². The number of nitrogens with zero attached hydrogens (tertiary/aromatic N) is 2. The first-order valence-corrected chi connectivity index (χ1v) is 7.37. The van der Waals surface area contributed by atoms with Crippen LogP contribution in [0.5, 0.6) is 0 Å². The van der Waals surface area contributed by atoms with E-state index in [1.807, 2.05) is 0 Å². The zero-order valence-corrected chi connectivity index (χ0v) is 12.6. The second-order valence-electron chi connectivity index (χ2n) is 4.90. The van der Waals surface area contributed by atoms with Gasteiger partial charge in [-0.3, -0.25) is 4.79 Å². The van der Waals surface area contributed by atoms with Gasteiger partial charge in [0.25, 0.3) is 18.8 Å². The molecule has 4 nitrogen and oxygen atoms in total. The molecular weight excluding hydrogens is 324 g/mol. The Morgan fingerprint density at radius 1 is 1.50 bits per heavy atom. The van der Waals surface area contributed by atoms with Crippen LogP contribution in [0, 0.1) is 6.92 Å². The van der Waals surface area contributed by atoms with Crippen LogP contribution in [0.25, 0.3) is 0 Å². The van der Waals surface area contributed by atoms with E-state index in [2.05, 4.69) is 5.10 Å². The van der Waals surface area contributed by atoms with Crippen molar-refractivity contribution >= 4 is 23.0 Å². The highest BCUT2D eigenvalue weighted by Crippen LogP contribution is 2.35. The number of hydrazone groups is 1. The normalized spacial score (nSPS) is 21.9. The summed E-state index contributed by atoms with van der Waals surface area (Å²) in [6.07, 6.45) is -7.12. The average molecular weight is 338 g/mol. The van der Waals surface area contributed by atoms with Crippen molar-refractivity contribution in [3.63, 3.8) is 0 Å². The molecular formula is C13H14F4N2O2S. The minimum absolute atomic E-state index is 0.0970. The quantitative estimate of drug-likeness (QED) is 0.858. The van der Waals surface area contributed by atoms with E-state index < -0.39 is 36.6 Å². The van der Waals surface area contributed by atoms with Gasteiger partial charge < -0.3 is 5.11 Å². The molecule has 2 heterocycles. The van der Waals surface area contributed by atoms with Crippen molar-refractivity contribution in [1.82, 2.24) is 5.01 Å². The Morgan fingerprint density at radius 3 is 2.64 bits per heavy atom. The number of alkyl halides is 4. The van der Waals surface area contributed by atoms with E-state index in [0.717, 1.165) is 4.88 Å². The Hall–Kier alpha value is -1.48. The number of aliphatic hydroxyl groups is 1. The monoisotopic (exact) mass is 338 g/mol. The molecule has 0 radical (unpaired) electrons. The number of thiophene rings is 1. The number of hydrogen-bond donors (Lipinski definition) is 1. The first-order valence-electron chi connectivity index (χ1n) is 6.50. The second kappa shape index (κ2) is 5.96. The molecule has 0 spiro atoms. The SMILES string of the molecule is CCc1c(C(=O)N2N=C(C(F)F)CC2(O)C(F)F)csc1C. The lowest BCUT2D eigenvalue weighted by molar-refractivity contribution is -0.164. The van der Waals surface area contributed by atoms with Gasteiger partial charge in [-0.05, 0) is 18.9 Å². The molecule has 22 heavy (non-hydrogen) atoms. The lowest BCUT2D eigenvalue weighted by atomic mass is 10.0. The van der Waals surface area contributed by atoms with Gasteiger partial charge >= 0.3 is 0 Å². The summed E-state index contributed by atoms with van der Waals surface area (Å²) in [4.78, 5) is 13.2. The van der Waals surface area contributed by atoms with Crippen LogP contribution in [0.2, 0.25) is 0 Å². The highest BCUT2D eigenvalue weighted by Gasteiger charge is 2.53. The minimum Gasteiger partial charge on any atom is -0.364 e. The molecule has 0 aliphatic carbocycles. The molecule has 0 bridgehead atoms. The highest BCUT2D eigenvalue weighted by atomic mass is 32.1. The lowest BCUT2D eigenvalue weighted by Crippen LogP contribution is -2.51. The Morgan fingerprint density at radius 2 is 2.14 bits per heavy atom. The van der Waals surface area contributed by atoms with Crippen LogP contribution in [0.1, 0.15) is 34.1 Å². The van der Waals surface area contributed by atoms with Crippen LogP contribution >= 0.6 is 11.3 Å². The summed E-state index contributed by atoms with van der Waals surface area (Å²) in [7, 11) is 0. The molecule has 0 fully saturated rings. The first kappa shape index (κ1) is 16.9. The molecule has 0 aromatic carbocycles. The highest BCUT2D eigenvalue weighted by molar-refractivity contribution is 7.10. The predicted molar refractivity (Wildman–Crippen MR) is 73.6 cm³/mol. The zero-order valence-electron chi connectivity index (χ0n) is 11.8. The lowest BCUT2D eigenvalue weighted by Gasteiger charge is -2.30. The third kappa shape index (κ3) is 2.63. The first-order chi connectivity index (χ1) is 10.2. The molecule has 1 aliphatic rings. The average Bonchev–Trinajstić information content (AvgIpc) is 2.99. The molecule has 122 valence electrons. The molecule has 1 N–H and O–H groups in total. The zero-order chi connectivity index (χ0) is 16.7. The fraction of sp³-hybridized carbons (Fsp3) is 0.538. The van der Waals surface area contributed by atoms with Gasteiger partial charge in [0, 0.05) is 16.7 Å². The van der Waals surface area contributed by atoms with E-state index >= 15 is 0 Å². The predicted octanol–water partition coefficient (Wildman–Crippen LogP) is 3.04. The Labute approximate surface area is 128 Å². The Kier molecular flexibility index (Phi) is 4.57. The number of carbonyl (C=O) groups excluding carboxylic acids is 1. The van der Waals surface area contributed by atoms with Gasteiger partial charge in [0.1, 0.15) is 5.71 Å². The summed E-state index contributed by atoms with van der Waals surface area (Å²) in [5.41, 5.74) is -3.24. The van der Waals surface area contributed by atoms with Gasteiger partial charge in [-0.1, -0.05) is 6.92 Å².